The van der Waals surface area contributed by atoms with Gasteiger partial charge in [0.25, 0.3) is 0 Å². The molecule has 0 bridgehead atoms. The molecule has 5 rings (SSSR count). The Bertz CT molecular complexity index is 1400. The van der Waals surface area contributed by atoms with E-state index in [1.54, 1.807) is 0 Å². The van der Waals surface area contributed by atoms with E-state index in [2.05, 4.69) is 33.7 Å². The van der Waals surface area contributed by atoms with Crippen LogP contribution in [0.25, 0.3) is 5.65 Å². The average Bonchev–Trinajstić information content (AvgIpc) is 3.63. The number of rotatable bonds is 8. The lowest BCUT2D eigenvalue weighted by atomic mass is 9.70. The van der Waals surface area contributed by atoms with Gasteiger partial charge in [-0.1, -0.05) is 48.5 Å². The summed E-state index contributed by atoms with van der Waals surface area (Å²) in [4.78, 5) is 13.6. The molecule has 1 N–H and O–H groups in total. The minimum Gasteiger partial charge on any atom is -0.460 e. The number of esters is 1. The maximum atomic E-state index is 13.6. The van der Waals surface area contributed by atoms with E-state index >= 15 is 0 Å². The highest BCUT2D eigenvalue weighted by atomic mass is 16.5. The van der Waals surface area contributed by atoms with E-state index in [1.165, 1.54) is 0 Å². The Morgan fingerprint density at radius 2 is 1.86 bits per heavy atom. The fourth-order valence-corrected chi connectivity index (χ4v) is 5.10. The predicted octanol–water partition coefficient (Wildman–Crippen LogP) is 5.62. The Balaban J connectivity index is 1.58. The molecule has 2 heterocycles. The Hall–Kier alpha value is -3.51. The Labute approximate surface area is 212 Å². The van der Waals surface area contributed by atoms with Gasteiger partial charge in [-0.2, -0.15) is 0 Å². The molecule has 0 radical (unpaired) electrons. The van der Waals surface area contributed by atoms with Crippen molar-refractivity contribution in [2.45, 2.75) is 65.6 Å². The molecule has 0 amide bonds. The smallest absolute Gasteiger partial charge is 0.312 e. The molecule has 1 aliphatic rings. The van der Waals surface area contributed by atoms with Crippen LogP contribution in [-0.2, 0) is 22.7 Å². The third-order valence-electron chi connectivity index (χ3n) is 7.48. The van der Waals surface area contributed by atoms with E-state index in [4.69, 9.17) is 4.74 Å². The summed E-state index contributed by atoms with van der Waals surface area (Å²) in [5, 5.41) is 19.0. The normalized spacial score (nSPS) is 14.7. The van der Waals surface area contributed by atoms with E-state index < -0.39 is 5.41 Å². The highest BCUT2D eigenvalue weighted by molar-refractivity contribution is 5.79. The van der Waals surface area contributed by atoms with E-state index in [1.807, 2.05) is 69.4 Å². The monoisotopic (exact) mass is 483 g/mol. The number of aromatic nitrogens is 3. The topological polar surface area (TPSA) is 76.7 Å². The maximum Gasteiger partial charge on any atom is 0.312 e. The van der Waals surface area contributed by atoms with Crippen LogP contribution in [0.5, 0.6) is 0 Å². The van der Waals surface area contributed by atoms with Crippen molar-refractivity contribution in [3.05, 3.63) is 100.0 Å². The molecule has 0 aliphatic heterocycles. The first kappa shape index (κ1) is 24.2. The van der Waals surface area contributed by atoms with Crippen molar-refractivity contribution in [1.82, 2.24) is 14.6 Å². The van der Waals surface area contributed by atoms with Gasteiger partial charge in [-0.05, 0) is 80.0 Å². The van der Waals surface area contributed by atoms with E-state index in [0.717, 1.165) is 57.7 Å². The first-order valence-electron chi connectivity index (χ1n) is 12.6. The van der Waals surface area contributed by atoms with Gasteiger partial charge >= 0.3 is 5.97 Å². The standard InChI is InChI=1S/C30H33N3O3/c1-19-10-11-23(16-24(19)17-34)26(30(3,4)29(35)36-18-21-8-6-5-7-9-21)25-14-15-33-27(20(25)2)31-32-28(33)22-12-13-22/h5-11,14-16,22,26,34H,12-13,17-18H2,1-4H3/t26-/m0/s1. The van der Waals surface area contributed by atoms with Gasteiger partial charge in [0.15, 0.2) is 5.65 Å². The van der Waals surface area contributed by atoms with Crippen LogP contribution in [0.2, 0.25) is 0 Å². The second-order valence-corrected chi connectivity index (χ2v) is 10.5. The van der Waals surface area contributed by atoms with E-state index in [-0.39, 0.29) is 25.1 Å². The molecule has 0 spiro atoms. The zero-order chi connectivity index (χ0) is 25.4. The molecule has 6 nitrogen and oxygen atoms in total. The molecule has 1 aliphatic carbocycles. The molecular weight excluding hydrogens is 450 g/mol. The number of carbonyl (C=O) groups is 1. The summed E-state index contributed by atoms with van der Waals surface area (Å²) < 4.78 is 7.93. The third kappa shape index (κ3) is 4.42. The van der Waals surface area contributed by atoms with Crippen LogP contribution in [-0.4, -0.2) is 25.7 Å². The molecule has 0 unspecified atom stereocenters. The molecule has 6 heteroatoms. The molecule has 1 saturated carbocycles. The van der Waals surface area contributed by atoms with Crippen molar-refractivity contribution < 1.29 is 14.6 Å². The molecule has 4 aromatic rings. The van der Waals surface area contributed by atoms with E-state index in [0.29, 0.717) is 5.92 Å². The van der Waals surface area contributed by atoms with Crippen LogP contribution in [0, 0.1) is 19.3 Å². The third-order valence-corrected chi connectivity index (χ3v) is 7.48. The van der Waals surface area contributed by atoms with Crippen LogP contribution in [0.15, 0.2) is 60.8 Å². The second-order valence-electron chi connectivity index (χ2n) is 10.5. The highest BCUT2D eigenvalue weighted by Crippen LogP contribution is 2.45. The molecule has 0 saturated heterocycles. The van der Waals surface area contributed by atoms with Crippen LogP contribution in [0.3, 0.4) is 0 Å². The molecule has 2 aromatic heterocycles. The van der Waals surface area contributed by atoms with E-state index in [9.17, 15) is 9.90 Å². The fourth-order valence-electron chi connectivity index (χ4n) is 5.10. The number of aryl methyl sites for hydroxylation is 2. The Kier molecular flexibility index (Phi) is 6.39. The summed E-state index contributed by atoms with van der Waals surface area (Å²) in [6, 6.07) is 17.9. The van der Waals surface area contributed by atoms with Gasteiger partial charge in [0.1, 0.15) is 12.4 Å². The lowest BCUT2D eigenvalue weighted by Gasteiger charge is -2.34. The largest absolute Gasteiger partial charge is 0.460 e. The van der Waals surface area contributed by atoms with Crippen LogP contribution < -0.4 is 0 Å². The molecule has 186 valence electrons. The van der Waals surface area contributed by atoms with Crippen molar-refractivity contribution in [3.63, 3.8) is 0 Å². The zero-order valence-electron chi connectivity index (χ0n) is 21.4. The summed E-state index contributed by atoms with van der Waals surface area (Å²) in [5.41, 5.74) is 5.71. The van der Waals surface area contributed by atoms with Crippen LogP contribution >= 0.6 is 0 Å². The molecular formula is C30H33N3O3. The van der Waals surface area contributed by atoms with Crippen molar-refractivity contribution in [3.8, 4) is 0 Å². The summed E-state index contributed by atoms with van der Waals surface area (Å²) >= 11 is 0. The number of benzene rings is 2. The van der Waals surface area contributed by atoms with Gasteiger partial charge in [0, 0.05) is 18.0 Å². The molecule has 36 heavy (non-hydrogen) atoms. The Morgan fingerprint density at radius 1 is 1.11 bits per heavy atom. The summed E-state index contributed by atoms with van der Waals surface area (Å²) in [6.07, 6.45) is 4.33. The SMILES string of the molecule is Cc1ccc([C@@H](c2ccn3c(C4CC4)nnc3c2C)C(C)(C)C(=O)OCc2ccccc2)cc1CO. The van der Waals surface area contributed by atoms with Crippen LogP contribution in [0.1, 0.15) is 77.7 Å². The minimum absolute atomic E-state index is 0.0573. The summed E-state index contributed by atoms with van der Waals surface area (Å²) in [6.45, 7) is 8.07. The first-order chi connectivity index (χ1) is 17.3. The van der Waals surface area contributed by atoms with Gasteiger partial charge in [-0.15, -0.1) is 10.2 Å². The quantitative estimate of drug-likeness (QED) is 0.329. The lowest BCUT2D eigenvalue weighted by molar-refractivity contribution is -0.156. The maximum absolute atomic E-state index is 13.6. The number of hydrogen-bond acceptors (Lipinski definition) is 5. The van der Waals surface area contributed by atoms with Crippen molar-refractivity contribution >= 4 is 11.6 Å². The number of aliphatic hydroxyl groups excluding tert-OH is 1. The number of nitrogens with zero attached hydrogens (tertiary/aromatic N) is 3. The average molecular weight is 484 g/mol. The summed E-state index contributed by atoms with van der Waals surface area (Å²) in [5.74, 6) is 0.907. The van der Waals surface area contributed by atoms with Gasteiger partial charge in [-0.3, -0.25) is 9.20 Å². The number of aliphatic hydroxyl groups is 1. The number of hydrogen-bond donors (Lipinski definition) is 1. The fraction of sp³-hybridized carbons (Fsp3) is 0.367. The highest BCUT2D eigenvalue weighted by Gasteiger charge is 2.42. The number of ether oxygens (including phenoxy) is 1. The minimum atomic E-state index is -0.890. The van der Waals surface area contributed by atoms with Crippen molar-refractivity contribution in [2.24, 2.45) is 5.41 Å². The first-order valence-corrected chi connectivity index (χ1v) is 12.6. The summed E-state index contributed by atoms with van der Waals surface area (Å²) in [7, 11) is 0. The Morgan fingerprint density at radius 3 is 2.56 bits per heavy atom. The van der Waals surface area contributed by atoms with Crippen molar-refractivity contribution in [1.29, 1.82) is 0 Å². The van der Waals surface area contributed by atoms with Gasteiger partial charge in [-0.25, -0.2) is 0 Å². The molecule has 1 atom stereocenters. The van der Waals surface area contributed by atoms with Gasteiger partial charge in [0.2, 0.25) is 0 Å². The second kappa shape index (κ2) is 9.51. The van der Waals surface area contributed by atoms with Gasteiger partial charge < -0.3 is 9.84 Å². The van der Waals surface area contributed by atoms with Crippen molar-refractivity contribution in [2.75, 3.05) is 0 Å². The lowest BCUT2D eigenvalue weighted by Crippen LogP contribution is -2.34. The molecule has 2 aromatic carbocycles. The predicted molar refractivity (Wildman–Crippen MR) is 139 cm³/mol. The number of fused-ring (bicyclic) bond motifs is 1. The van der Waals surface area contributed by atoms with Crippen LogP contribution in [0.4, 0.5) is 0 Å². The number of carbonyl (C=O) groups excluding carboxylic acids is 1. The zero-order valence-corrected chi connectivity index (χ0v) is 21.4. The molecule has 1 fully saturated rings. The van der Waals surface area contributed by atoms with Gasteiger partial charge in [0.05, 0.1) is 12.0 Å². The number of pyridine rings is 1.